The van der Waals surface area contributed by atoms with Crippen LogP contribution in [-0.2, 0) is 0 Å². The van der Waals surface area contributed by atoms with E-state index in [1.165, 1.54) is 25.7 Å². The molecule has 1 saturated carbocycles. The summed E-state index contributed by atoms with van der Waals surface area (Å²) in [6.07, 6.45) is 6.00. The Morgan fingerprint density at radius 2 is 0.800 bits per heavy atom. The first-order valence-electron chi connectivity index (χ1n) is 4.64. The van der Waals surface area contributed by atoms with E-state index < -0.39 is 0 Å². The van der Waals surface area contributed by atoms with Crippen molar-refractivity contribution in [2.75, 3.05) is 0 Å². The fourth-order valence-corrected chi connectivity index (χ4v) is 0.250. The van der Waals surface area contributed by atoms with Crippen molar-refractivity contribution in [3.63, 3.8) is 0 Å². The van der Waals surface area contributed by atoms with E-state index >= 15 is 0 Å². The summed E-state index contributed by atoms with van der Waals surface area (Å²) in [6.45, 7) is 8.96. The van der Waals surface area contributed by atoms with E-state index in [1.807, 2.05) is 0 Å². The van der Waals surface area contributed by atoms with E-state index in [0.29, 0.717) is 0 Å². The maximum atomic E-state index is 2.24. The molecular formula is C10H22. The summed E-state index contributed by atoms with van der Waals surface area (Å²) in [5, 5.41) is 0. The molecule has 0 nitrogen and oxygen atoms in total. The molecule has 1 fully saturated rings. The van der Waals surface area contributed by atoms with Crippen LogP contribution in [-0.4, -0.2) is 0 Å². The average molecular weight is 142 g/mol. The standard InChI is InChI=1S/C6H14.C4H8/c1-5(2)6(3)4;1-2-4-3-1/h5-6H,1-4H3;1-4H2. The van der Waals surface area contributed by atoms with E-state index in [1.54, 1.807) is 0 Å². The predicted molar refractivity (Wildman–Crippen MR) is 48.1 cm³/mol. The lowest BCUT2D eigenvalue weighted by molar-refractivity contribution is 0.457. The van der Waals surface area contributed by atoms with Crippen LogP contribution < -0.4 is 0 Å². The predicted octanol–water partition coefficient (Wildman–Crippen LogP) is 3.86. The molecule has 0 amide bonds. The Balaban J connectivity index is 0.000000172. The molecule has 0 heteroatoms. The maximum Gasteiger partial charge on any atom is -0.0448 e. The third kappa shape index (κ3) is 6.12. The van der Waals surface area contributed by atoms with Crippen molar-refractivity contribution in [2.24, 2.45) is 11.8 Å². The first kappa shape index (κ1) is 10.0. The molecule has 0 radical (unpaired) electrons. The van der Waals surface area contributed by atoms with Crippen LogP contribution in [0.3, 0.4) is 0 Å². The van der Waals surface area contributed by atoms with Gasteiger partial charge in [0.2, 0.25) is 0 Å². The Bertz CT molecular complexity index is 48.4. The highest BCUT2D eigenvalue weighted by Gasteiger charge is 1.95. The summed E-state index contributed by atoms with van der Waals surface area (Å²) in [5.74, 6) is 1.70. The van der Waals surface area contributed by atoms with Gasteiger partial charge in [-0.3, -0.25) is 0 Å². The second-order valence-corrected chi connectivity index (χ2v) is 3.90. The summed E-state index contributed by atoms with van der Waals surface area (Å²) in [4.78, 5) is 0. The molecule has 0 aromatic rings. The minimum atomic E-state index is 0.852. The molecule has 0 saturated heterocycles. The van der Waals surface area contributed by atoms with Gasteiger partial charge in [-0.2, -0.15) is 0 Å². The number of hydrogen-bond acceptors (Lipinski definition) is 0. The van der Waals surface area contributed by atoms with Crippen molar-refractivity contribution in [3.8, 4) is 0 Å². The Kier molecular flexibility index (Phi) is 5.76. The van der Waals surface area contributed by atoms with Crippen LogP contribution >= 0.6 is 0 Å². The van der Waals surface area contributed by atoms with Gasteiger partial charge in [-0.15, -0.1) is 0 Å². The van der Waals surface area contributed by atoms with Crippen molar-refractivity contribution in [1.29, 1.82) is 0 Å². The highest BCUT2D eigenvalue weighted by atomic mass is 14.0. The van der Waals surface area contributed by atoms with Gasteiger partial charge in [0, 0.05) is 0 Å². The molecule has 0 heterocycles. The van der Waals surface area contributed by atoms with Gasteiger partial charge in [0.1, 0.15) is 0 Å². The summed E-state index contributed by atoms with van der Waals surface area (Å²) >= 11 is 0. The monoisotopic (exact) mass is 142 g/mol. The molecule has 1 aliphatic rings. The lowest BCUT2D eigenvalue weighted by atomic mass is 10.0. The molecule has 0 aliphatic heterocycles. The molecule has 1 rings (SSSR count). The van der Waals surface area contributed by atoms with Gasteiger partial charge in [-0.25, -0.2) is 0 Å². The van der Waals surface area contributed by atoms with E-state index in [4.69, 9.17) is 0 Å². The Morgan fingerprint density at radius 3 is 0.800 bits per heavy atom. The zero-order valence-corrected chi connectivity index (χ0v) is 7.98. The first-order chi connectivity index (χ1) is 4.64. The van der Waals surface area contributed by atoms with Crippen LogP contribution in [0.2, 0.25) is 0 Å². The summed E-state index contributed by atoms with van der Waals surface area (Å²) < 4.78 is 0. The first-order valence-corrected chi connectivity index (χ1v) is 4.64. The minimum Gasteiger partial charge on any atom is -0.0625 e. The maximum absolute atomic E-state index is 2.24. The third-order valence-electron chi connectivity index (χ3n) is 2.33. The van der Waals surface area contributed by atoms with Crippen molar-refractivity contribution < 1.29 is 0 Å². The zero-order chi connectivity index (χ0) is 7.98. The van der Waals surface area contributed by atoms with Gasteiger partial charge in [-0.05, 0) is 11.8 Å². The van der Waals surface area contributed by atoms with Crippen LogP contribution in [0.4, 0.5) is 0 Å². The van der Waals surface area contributed by atoms with Crippen molar-refractivity contribution in [3.05, 3.63) is 0 Å². The fourth-order valence-electron chi connectivity index (χ4n) is 0.250. The molecular weight excluding hydrogens is 120 g/mol. The molecule has 0 spiro atoms. The smallest absolute Gasteiger partial charge is 0.0448 e. The van der Waals surface area contributed by atoms with Crippen molar-refractivity contribution >= 4 is 0 Å². The molecule has 0 N–H and O–H groups in total. The van der Waals surface area contributed by atoms with Crippen molar-refractivity contribution in [1.82, 2.24) is 0 Å². The second kappa shape index (κ2) is 5.76. The van der Waals surface area contributed by atoms with E-state index in [2.05, 4.69) is 27.7 Å². The third-order valence-corrected chi connectivity index (χ3v) is 2.33. The lowest BCUT2D eigenvalue weighted by Gasteiger charge is -2.05. The topological polar surface area (TPSA) is 0 Å². The largest absolute Gasteiger partial charge is 0.0625 e. The normalized spacial score (nSPS) is 16.2. The van der Waals surface area contributed by atoms with Crippen LogP contribution in [0.1, 0.15) is 53.4 Å². The lowest BCUT2D eigenvalue weighted by Crippen LogP contribution is -1.95. The highest BCUT2D eigenvalue weighted by Crippen LogP contribution is 2.15. The molecule has 0 atom stereocenters. The van der Waals surface area contributed by atoms with Gasteiger partial charge in [0.15, 0.2) is 0 Å². The molecule has 0 bridgehead atoms. The Hall–Kier alpha value is 0. The molecule has 0 aromatic heterocycles. The highest BCUT2D eigenvalue weighted by molar-refractivity contribution is 4.50. The fraction of sp³-hybridized carbons (Fsp3) is 1.00. The van der Waals surface area contributed by atoms with Crippen LogP contribution in [0.5, 0.6) is 0 Å². The quantitative estimate of drug-likeness (QED) is 0.521. The van der Waals surface area contributed by atoms with Gasteiger partial charge < -0.3 is 0 Å². The number of hydrogen-bond donors (Lipinski definition) is 0. The SMILES string of the molecule is C1CCC1.CC(C)C(C)C. The number of rotatable bonds is 1. The molecule has 1 aliphatic carbocycles. The summed E-state index contributed by atoms with van der Waals surface area (Å²) in [5.41, 5.74) is 0. The molecule has 0 unspecified atom stereocenters. The molecule has 10 heavy (non-hydrogen) atoms. The molecule has 0 aromatic carbocycles. The van der Waals surface area contributed by atoms with Crippen LogP contribution in [0.15, 0.2) is 0 Å². The van der Waals surface area contributed by atoms with Gasteiger partial charge in [-0.1, -0.05) is 53.4 Å². The van der Waals surface area contributed by atoms with Gasteiger partial charge in [0.05, 0.1) is 0 Å². The average Bonchev–Trinajstić information content (AvgIpc) is 1.59. The zero-order valence-electron chi connectivity index (χ0n) is 7.98. The van der Waals surface area contributed by atoms with Crippen LogP contribution in [0, 0.1) is 11.8 Å². The van der Waals surface area contributed by atoms with Gasteiger partial charge in [0.25, 0.3) is 0 Å². The second-order valence-electron chi connectivity index (χ2n) is 3.90. The Labute approximate surface area is 66.0 Å². The van der Waals surface area contributed by atoms with E-state index in [-0.39, 0.29) is 0 Å². The van der Waals surface area contributed by atoms with Gasteiger partial charge >= 0.3 is 0 Å². The van der Waals surface area contributed by atoms with Crippen LogP contribution in [0.25, 0.3) is 0 Å². The van der Waals surface area contributed by atoms with Crippen molar-refractivity contribution in [2.45, 2.75) is 53.4 Å². The summed E-state index contributed by atoms with van der Waals surface area (Å²) in [6, 6.07) is 0. The minimum absolute atomic E-state index is 0.852. The Morgan fingerprint density at radius 1 is 0.600 bits per heavy atom. The molecule has 62 valence electrons. The van der Waals surface area contributed by atoms with E-state index in [0.717, 1.165) is 11.8 Å². The van der Waals surface area contributed by atoms with E-state index in [9.17, 15) is 0 Å². The summed E-state index contributed by atoms with van der Waals surface area (Å²) in [7, 11) is 0.